The molecule has 0 radical (unpaired) electrons. The van der Waals surface area contributed by atoms with Crippen LogP contribution in [0.25, 0.3) is 0 Å². The van der Waals surface area contributed by atoms with Crippen molar-refractivity contribution in [2.75, 3.05) is 13.1 Å². The second-order valence-corrected chi connectivity index (χ2v) is 8.07. The van der Waals surface area contributed by atoms with Crippen molar-refractivity contribution in [3.63, 3.8) is 0 Å². The molecule has 0 bridgehead atoms. The minimum Gasteiger partial charge on any atom is -0.481 e. The van der Waals surface area contributed by atoms with Gasteiger partial charge in [0.15, 0.2) is 0 Å². The molecule has 0 heterocycles. The van der Waals surface area contributed by atoms with Crippen LogP contribution in [0.5, 0.6) is 0 Å². The summed E-state index contributed by atoms with van der Waals surface area (Å²) in [5, 5.41) is 11.8. The molecule has 138 valence electrons. The SMILES string of the molecule is CCN(CC)S(=O)(=O)c1cccc(C(=O)N[C@H]2CC[C@@H](C(=O)O)C2)c1. The van der Waals surface area contributed by atoms with Crippen molar-refractivity contribution in [2.24, 2.45) is 5.92 Å². The van der Waals surface area contributed by atoms with E-state index in [1.807, 2.05) is 0 Å². The first-order chi connectivity index (χ1) is 11.8. The van der Waals surface area contributed by atoms with Crippen molar-refractivity contribution in [3.8, 4) is 0 Å². The average molecular weight is 368 g/mol. The second kappa shape index (κ2) is 7.97. The Labute approximate surface area is 148 Å². The molecule has 0 aliphatic heterocycles. The molecule has 1 aliphatic rings. The van der Waals surface area contributed by atoms with Gasteiger partial charge in [0, 0.05) is 24.7 Å². The normalized spacial score (nSPS) is 20.6. The number of rotatable bonds is 7. The maximum Gasteiger partial charge on any atom is 0.306 e. The van der Waals surface area contributed by atoms with Gasteiger partial charge in [0.05, 0.1) is 10.8 Å². The van der Waals surface area contributed by atoms with Crippen LogP contribution in [0.1, 0.15) is 43.5 Å². The highest BCUT2D eigenvalue weighted by Crippen LogP contribution is 2.26. The molecule has 1 aliphatic carbocycles. The van der Waals surface area contributed by atoms with Crippen LogP contribution in [0.3, 0.4) is 0 Å². The molecule has 7 nitrogen and oxygen atoms in total. The van der Waals surface area contributed by atoms with Gasteiger partial charge in [-0.3, -0.25) is 9.59 Å². The van der Waals surface area contributed by atoms with Gasteiger partial charge in [0.2, 0.25) is 10.0 Å². The maximum absolute atomic E-state index is 12.6. The molecule has 0 unspecified atom stereocenters. The molecule has 1 saturated carbocycles. The van der Waals surface area contributed by atoms with Gasteiger partial charge in [-0.1, -0.05) is 19.9 Å². The molecule has 1 fully saturated rings. The number of nitrogens with one attached hydrogen (secondary N) is 1. The quantitative estimate of drug-likeness (QED) is 0.762. The number of sulfonamides is 1. The third-order valence-corrected chi connectivity index (χ3v) is 6.60. The van der Waals surface area contributed by atoms with Crippen LogP contribution in [0.15, 0.2) is 29.2 Å². The molecular formula is C17H24N2O5S. The van der Waals surface area contributed by atoms with Crippen LogP contribution >= 0.6 is 0 Å². The third kappa shape index (κ3) is 4.38. The highest BCUT2D eigenvalue weighted by atomic mass is 32.2. The van der Waals surface area contributed by atoms with Gasteiger partial charge < -0.3 is 10.4 Å². The molecule has 0 spiro atoms. The number of carbonyl (C=O) groups is 2. The van der Waals surface area contributed by atoms with Gasteiger partial charge in [-0.25, -0.2) is 8.42 Å². The number of hydrogen-bond acceptors (Lipinski definition) is 4. The van der Waals surface area contributed by atoms with E-state index in [1.165, 1.54) is 16.4 Å². The summed E-state index contributed by atoms with van der Waals surface area (Å²) in [6, 6.07) is 5.74. The molecule has 25 heavy (non-hydrogen) atoms. The number of carbonyl (C=O) groups excluding carboxylic acids is 1. The third-order valence-electron chi connectivity index (χ3n) is 4.56. The maximum atomic E-state index is 12.6. The smallest absolute Gasteiger partial charge is 0.306 e. The van der Waals surface area contributed by atoms with Crippen LogP contribution < -0.4 is 5.32 Å². The number of carboxylic acids is 1. The molecule has 2 N–H and O–H groups in total. The molecule has 0 saturated heterocycles. The Morgan fingerprint density at radius 1 is 1.24 bits per heavy atom. The fourth-order valence-corrected chi connectivity index (χ4v) is 4.62. The summed E-state index contributed by atoms with van der Waals surface area (Å²) in [6.45, 7) is 4.23. The Morgan fingerprint density at radius 3 is 2.48 bits per heavy atom. The Bertz CT molecular complexity index is 743. The molecule has 0 aromatic heterocycles. The van der Waals surface area contributed by atoms with Crippen LogP contribution in [0.2, 0.25) is 0 Å². The molecule has 2 rings (SSSR count). The van der Waals surface area contributed by atoms with E-state index in [9.17, 15) is 18.0 Å². The van der Waals surface area contributed by atoms with E-state index in [0.717, 1.165) is 0 Å². The lowest BCUT2D eigenvalue weighted by atomic mass is 10.1. The van der Waals surface area contributed by atoms with Crippen molar-refractivity contribution in [1.82, 2.24) is 9.62 Å². The molecule has 1 aromatic rings. The van der Waals surface area contributed by atoms with E-state index >= 15 is 0 Å². The van der Waals surface area contributed by atoms with E-state index in [4.69, 9.17) is 5.11 Å². The molecular weight excluding hydrogens is 344 g/mol. The van der Waals surface area contributed by atoms with Crippen molar-refractivity contribution in [3.05, 3.63) is 29.8 Å². The van der Waals surface area contributed by atoms with Crippen molar-refractivity contribution < 1.29 is 23.1 Å². The van der Waals surface area contributed by atoms with E-state index in [1.54, 1.807) is 26.0 Å². The van der Waals surface area contributed by atoms with Crippen LogP contribution in [-0.4, -0.2) is 48.8 Å². The molecule has 2 atom stereocenters. The summed E-state index contributed by atoms with van der Waals surface area (Å²) in [5.74, 6) is -1.66. The number of carboxylic acid groups (broad SMARTS) is 1. The van der Waals surface area contributed by atoms with E-state index in [-0.39, 0.29) is 22.4 Å². The fraction of sp³-hybridized carbons (Fsp3) is 0.529. The summed E-state index contributed by atoms with van der Waals surface area (Å²) >= 11 is 0. The fourth-order valence-electron chi connectivity index (χ4n) is 3.12. The van der Waals surface area contributed by atoms with Gasteiger partial charge in [-0.05, 0) is 37.5 Å². The minimum absolute atomic E-state index is 0.0821. The van der Waals surface area contributed by atoms with E-state index in [0.29, 0.717) is 32.4 Å². The summed E-state index contributed by atoms with van der Waals surface area (Å²) in [5.41, 5.74) is 0.256. The number of benzene rings is 1. The largest absolute Gasteiger partial charge is 0.481 e. The van der Waals surface area contributed by atoms with Gasteiger partial charge in [0.25, 0.3) is 5.91 Å². The number of aliphatic carboxylic acids is 1. The summed E-state index contributed by atoms with van der Waals surface area (Å²) in [4.78, 5) is 23.5. The van der Waals surface area contributed by atoms with Gasteiger partial charge in [-0.15, -0.1) is 0 Å². The lowest BCUT2D eigenvalue weighted by Gasteiger charge is -2.19. The Morgan fingerprint density at radius 2 is 1.92 bits per heavy atom. The molecule has 1 aromatic carbocycles. The van der Waals surface area contributed by atoms with Crippen molar-refractivity contribution in [2.45, 2.75) is 44.0 Å². The zero-order valence-electron chi connectivity index (χ0n) is 14.4. The number of hydrogen-bond donors (Lipinski definition) is 2. The highest BCUT2D eigenvalue weighted by Gasteiger charge is 2.31. The summed E-state index contributed by atoms with van der Waals surface area (Å²) in [7, 11) is -3.63. The molecule has 8 heteroatoms. The van der Waals surface area contributed by atoms with Crippen LogP contribution in [0.4, 0.5) is 0 Å². The second-order valence-electron chi connectivity index (χ2n) is 6.14. The van der Waals surface area contributed by atoms with Gasteiger partial charge in [0.1, 0.15) is 0 Å². The molecule has 1 amide bonds. The standard InChI is InChI=1S/C17H24N2O5S/c1-3-19(4-2)25(23,24)15-7-5-6-12(11-15)16(20)18-14-9-8-13(10-14)17(21)22/h5-7,11,13-14H,3-4,8-10H2,1-2H3,(H,18,20)(H,21,22)/t13-,14+/m1/s1. The predicted octanol–water partition coefficient (Wildman–Crippen LogP) is 1.70. The van der Waals surface area contributed by atoms with Crippen molar-refractivity contribution >= 4 is 21.9 Å². The Hall–Kier alpha value is -1.93. The van der Waals surface area contributed by atoms with Gasteiger partial charge in [-0.2, -0.15) is 4.31 Å². The lowest BCUT2D eigenvalue weighted by Crippen LogP contribution is -2.34. The Kier molecular flexibility index (Phi) is 6.18. The average Bonchev–Trinajstić information content (AvgIpc) is 3.04. The van der Waals surface area contributed by atoms with E-state index < -0.39 is 21.9 Å². The number of nitrogens with zero attached hydrogens (tertiary/aromatic N) is 1. The lowest BCUT2D eigenvalue weighted by molar-refractivity contribution is -0.141. The monoisotopic (exact) mass is 368 g/mol. The zero-order chi connectivity index (χ0) is 18.6. The zero-order valence-corrected chi connectivity index (χ0v) is 15.3. The topological polar surface area (TPSA) is 104 Å². The van der Waals surface area contributed by atoms with E-state index in [2.05, 4.69) is 5.32 Å². The first-order valence-corrected chi connectivity index (χ1v) is 9.87. The minimum atomic E-state index is -3.63. The van der Waals surface area contributed by atoms with Crippen LogP contribution in [-0.2, 0) is 14.8 Å². The van der Waals surface area contributed by atoms with Gasteiger partial charge >= 0.3 is 5.97 Å². The predicted molar refractivity (Wildman–Crippen MR) is 92.8 cm³/mol. The first kappa shape index (κ1) is 19.4. The summed E-state index contributed by atoms with van der Waals surface area (Å²) < 4.78 is 26.5. The highest BCUT2D eigenvalue weighted by molar-refractivity contribution is 7.89. The number of amides is 1. The van der Waals surface area contributed by atoms with Crippen LogP contribution in [0, 0.1) is 5.92 Å². The van der Waals surface area contributed by atoms with Crippen molar-refractivity contribution in [1.29, 1.82) is 0 Å². The summed E-state index contributed by atoms with van der Waals surface area (Å²) in [6.07, 6.45) is 1.55. The Balaban J connectivity index is 2.13. The first-order valence-electron chi connectivity index (χ1n) is 8.43.